The van der Waals surface area contributed by atoms with Gasteiger partial charge in [-0.1, -0.05) is 35.3 Å². The van der Waals surface area contributed by atoms with Gasteiger partial charge in [0.2, 0.25) is 0 Å². The summed E-state index contributed by atoms with van der Waals surface area (Å²) in [6, 6.07) is 18.9. The zero-order valence-electron chi connectivity index (χ0n) is 15.8. The minimum atomic E-state index is 0.0228. The Balaban J connectivity index is 1.78. The van der Waals surface area contributed by atoms with Crippen molar-refractivity contribution in [2.24, 2.45) is 0 Å². The number of thiocarbonyl (C=S) groups is 1. The largest absolute Gasteiger partial charge is 0.352 e. The Morgan fingerprint density at radius 3 is 2.64 bits per heavy atom. The first-order chi connectivity index (χ1) is 13.7. The SMILES string of the molecule is CCCCN1C(=S)N[C@H](c2ccccn2)[C@H]1c1cccn1-c1ccc(Br)cc1. The van der Waals surface area contributed by atoms with Crippen molar-refractivity contribution in [3.05, 3.63) is 82.9 Å². The van der Waals surface area contributed by atoms with Crippen molar-refractivity contribution in [3.8, 4) is 5.69 Å². The van der Waals surface area contributed by atoms with Crippen LogP contribution >= 0.6 is 28.1 Å². The summed E-state index contributed by atoms with van der Waals surface area (Å²) in [4.78, 5) is 6.94. The number of rotatable bonds is 6. The summed E-state index contributed by atoms with van der Waals surface area (Å²) in [6.45, 7) is 3.14. The van der Waals surface area contributed by atoms with Gasteiger partial charge < -0.3 is 14.8 Å². The molecular weight excluding hydrogens is 432 g/mol. The molecule has 28 heavy (non-hydrogen) atoms. The van der Waals surface area contributed by atoms with Crippen molar-refractivity contribution in [1.29, 1.82) is 0 Å². The molecule has 0 unspecified atom stereocenters. The average molecular weight is 455 g/mol. The second-order valence-corrected chi connectivity index (χ2v) is 8.26. The van der Waals surface area contributed by atoms with Crippen LogP contribution in [-0.2, 0) is 0 Å². The molecule has 144 valence electrons. The van der Waals surface area contributed by atoms with Crippen molar-refractivity contribution in [2.75, 3.05) is 6.54 Å². The lowest BCUT2D eigenvalue weighted by atomic mass is 10.0. The van der Waals surface area contributed by atoms with Gasteiger partial charge in [-0.2, -0.15) is 0 Å². The number of nitrogens with zero attached hydrogens (tertiary/aromatic N) is 3. The highest BCUT2D eigenvalue weighted by atomic mass is 79.9. The molecule has 2 atom stereocenters. The summed E-state index contributed by atoms with van der Waals surface area (Å²) in [5.74, 6) is 0. The van der Waals surface area contributed by atoms with Gasteiger partial charge in [0.1, 0.15) is 0 Å². The summed E-state index contributed by atoms with van der Waals surface area (Å²) in [5, 5.41) is 4.33. The number of hydrogen-bond acceptors (Lipinski definition) is 2. The van der Waals surface area contributed by atoms with E-state index < -0.39 is 0 Å². The Labute approximate surface area is 179 Å². The molecule has 0 radical (unpaired) electrons. The van der Waals surface area contributed by atoms with Crippen LogP contribution in [0.2, 0.25) is 0 Å². The van der Waals surface area contributed by atoms with E-state index in [2.05, 4.69) is 91.3 Å². The van der Waals surface area contributed by atoms with Gasteiger partial charge in [0, 0.05) is 34.8 Å². The van der Waals surface area contributed by atoms with Crippen molar-refractivity contribution in [3.63, 3.8) is 0 Å². The minimum Gasteiger partial charge on any atom is -0.352 e. The van der Waals surface area contributed by atoms with E-state index in [1.807, 2.05) is 18.3 Å². The van der Waals surface area contributed by atoms with Crippen molar-refractivity contribution < 1.29 is 0 Å². The molecule has 1 aromatic carbocycles. The highest BCUT2D eigenvalue weighted by molar-refractivity contribution is 9.10. The lowest BCUT2D eigenvalue weighted by Gasteiger charge is -2.29. The first-order valence-corrected chi connectivity index (χ1v) is 10.8. The summed E-state index contributed by atoms with van der Waals surface area (Å²) in [7, 11) is 0. The molecule has 0 bridgehead atoms. The van der Waals surface area contributed by atoms with Crippen LogP contribution in [0.15, 0.2) is 71.5 Å². The molecule has 0 spiro atoms. The summed E-state index contributed by atoms with van der Waals surface area (Å²) in [6.07, 6.45) is 6.20. The van der Waals surface area contributed by atoms with E-state index in [1.54, 1.807) is 0 Å². The lowest BCUT2D eigenvalue weighted by molar-refractivity contribution is 0.304. The van der Waals surface area contributed by atoms with Crippen LogP contribution in [0.25, 0.3) is 5.69 Å². The van der Waals surface area contributed by atoms with E-state index in [0.29, 0.717) is 0 Å². The first-order valence-electron chi connectivity index (χ1n) is 9.60. The molecule has 0 amide bonds. The van der Waals surface area contributed by atoms with Gasteiger partial charge in [-0.05, 0) is 67.2 Å². The predicted octanol–water partition coefficient (Wildman–Crippen LogP) is 5.41. The third-order valence-corrected chi connectivity index (χ3v) is 6.02. The van der Waals surface area contributed by atoms with Gasteiger partial charge in [0.05, 0.1) is 17.8 Å². The first kappa shape index (κ1) is 19.2. The Bertz CT molecular complexity index is 939. The molecule has 4 nitrogen and oxygen atoms in total. The van der Waals surface area contributed by atoms with Crippen LogP contribution < -0.4 is 5.32 Å². The second kappa shape index (κ2) is 8.45. The molecule has 3 heterocycles. The Hall–Kier alpha value is -2.18. The van der Waals surface area contributed by atoms with Crippen LogP contribution in [0, 0.1) is 0 Å². The molecule has 1 saturated heterocycles. The Morgan fingerprint density at radius 1 is 1.11 bits per heavy atom. The maximum atomic E-state index is 5.73. The van der Waals surface area contributed by atoms with E-state index in [4.69, 9.17) is 12.2 Å². The summed E-state index contributed by atoms with van der Waals surface area (Å²) >= 11 is 9.26. The zero-order chi connectivity index (χ0) is 19.5. The molecule has 1 aliphatic heterocycles. The Kier molecular flexibility index (Phi) is 5.78. The van der Waals surface area contributed by atoms with E-state index in [1.165, 1.54) is 5.69 Å². The summed E-state index contributed by atoms with van der Waals surface area (Å²) in [5.41, 5.74) is 3.36. The fourth-order valence-electron chi connectivity index (χ4n) is 3.77. The monoisotopic (exact) mass is 454 g/mol. The van der Waals surface area contributed by atoms with Crippen molar-refractivity contribution in [1.82, 2.24) is 19.8 Å². The fourth-order valence-corrected chi connectivity index (χ4v) is 4.36. The van der Waals surface area contributed by atoms with E-state index >= 15 is 0 Å². The van der Waals surface area contributed by atoms with Gasteiger partial charge in [0.25, 0.3) is 0 Å². The molecule has 4 rings (SSSR count). The van der Waals surface area contributed by atoms with Crippen LogP contribution in [0.1, 0.15) is 43.2 Å². The third-order valence-electron chi connectivity index (χ3n) is 5.14. The predicted molar refractivity (Wildman–Crippen MR) is 121 cm³/mol. The second-order valence-electron chi connectivity index (χ2n) is 6.95. The van der Waals surface area contributed by atoms with Gasteiger partial charge >= 0.3 is 0 Å². The standard InChI is InChI=1S/C22H23BrN4S/c1-2-3-14-27-21(20(25-22(27)28)18-7-4-5-13-24-18)19-8-6-15-26(19)17-11-9-16(23)10-12-17/h4-13,15,20-21H,2-3,14H2,1H3,(H,25,28)/t20-,21-/m1/s1. The maximum Gasteiger partial charge on any atom is 0.170 e. The van der Waals surface area contributed by atoms with Gasteiger partial charge in [-0.25, -0.2) is 0 Å². The third kappa shape index (κ3) is 3.71. The highest BCUT2D eigenvalue weighted by Crippen LogP contribution is 2.39. The number of unbranched alkanes of at least 4 members (excludes halogenated alkanes) is 1. The van der Waals surface area contributed by atoms with Crippen LogP contribution in [-0.4, -0.2) is 26.1 Å². The van der Waals surface area contributed by atoms with Crippen LogP contribution in [0.4, 0.5) is 0 Å². The van der Waals surface area contributed by atoms with E-state index in [9.17, 15) is 0 Å². The minimum absolute atomic E-state index is 0.0228. The molecule has 0 aliphatic carbocycles. The molecular formula is C22H23BrN4S. The molecule has 1 N–H and O–H groups in total. The number of benzene rings is 1. The quantitative estimate of drug-likeness (QED) is 0.504. The van der Waals surface area contributed by atoms with Gasteiger partial charge in [0.15, 0.2) is 5.11 Å². The normalized spacial score (nSPS) is 19.1. The van der Waals surface area contributed by atoms with Gasteiger partial charge in [-0.15, -0.1) is 0 Å². The number of pyridine rings is 1. The molecule has 6 heteroatoms. The summed E-state index contributed by atoms with van der Waals surface area (Å²) < 4.78 is 3.33. The molecule has 1 fully saturated rings. The maximum absolute atomic E-state index is 5.73. The van der Waals surface area contributed by atoms with Gasteiger partial charge in [-0.3, -0.25) is 4.98 Å². The number of halogens is 1. The molecule has 0 saturated carbocycles. The van der Waals surface area contributed by atoms with Crippen molar-refractivity contribution in [2.45, 2.75) is 31.8 Å². The number of aromatic nitrogens is 2. The molecule has 2 aromatic heterocycles. The lowest BCUT2D eigenvalue weighted by Crippen LogP contribution is -2.31. The topological polar surface area (TPSA) is 33.1 Å². The van der Waals surface area contributed by atoms with Crippen molar-refractivity contribution >= 4 is 33.3 Å². The highest BCUT2D eigenvalue weighted by Gasteiger charge is 2.40. The van der Waals surface area contributed by atoms with Crippen LogP contribution in [0.3, 0.4) is 0 Å². The smallest absolute Gasteiger partial charge is 0.170 e. The molecule has 3 aromatic rings. The Morgan fingerprint density at radius 2 is 1.93 bits per heavy atom. The zero-order valence-corrected chi connectivity index (χ0v) is 18.2. The fraction of sp³-hybridized carbons (Fsp3) is 0.273. The molecule has 1 aliphatic rings. The van der Waals surface area contributed by atoms with E-state index in [0.717, 1.165) is 40.4 Å². The van der Waals surface area contributed by atoms with E-state index in [-0.39, 0.29) is 12.1 Å². The number of nitrogens with one attached hydrogen (secondary N) is 1. The van der Waals surface area contributed by atoms with Crippen LogP contribution in [0.5, 0.6) is 0 Å². The average Bonchev–Trinajstić information content (AvgIpc) is 3.32. The number of hydrogen-bond donors (Lipinski definition) is 1.